The number of carbonyl (C=O) groups is 2. The summed E-state index contributed by atoms with van der Waals surface area (Å²) in [5.74, 6) is -1.09. The molecule has 0 aliphatic carbocycles. The molecule has 0 amide bonds. The Morgan fingerprint density at radius 2 is 1.79 bits per heavy atom. The molecule has 0 heterocycles. The van der Waals surface area contributed by atoms with Crippen LogP contribution in [0.3, 0.4) is 0 Å². The summed E-state index contributed by atoms with van der Waals surface area (Å²) >= 11 is 0. The summed E-state index contributed by atoms with van der Waals surface area (Å²) in [5, 5.41) is 16.4. The van der Waals surface area contributed by atoms with E-state index in [2.05, 4.69) is 4.74 Å². The second kappa shape index (κ2) is 9.98. The van der Waals surface area contributed by atoms with Crippen molar-refractivity contribution in [3.05, 3.63) is 0 Å². The highest BCUT2D eigenvalue weighted by atomic mass is 16.5. The first-order chi connectivity index (χ1) is 6.43. The molecule has 1 unspecified atom stereocenters. The molecule has 0 aromatic rings. The third-order valence-corrected chi connectivity index (χ3v) is 1.07. The maximum Gasteiger partial charge on any atom is 0.308 e. The third-order valence-electron chi connectivity index (χ3n) is 1.07. The maximum atomic E-state index is 10.5. The molecule has 0 aromatic carbocycles. The second-order valence-electron chi connectivity index (χ2n) is 2.61. The van der Waals surface area contributed by atoms with E-state index in [1.165, 1.54) is 0 Å². The highest BCUT2D eigenvalue weighted by Crippen LogP contribution is 1.91. The average Bonchev–Trinajstić information content (AvgIpc) is 2.04. The van der Waals surface area contributed by atoms with E-state index < -0.39 is 12.1 Å². The van der Waals surface area contributed by atoms with Crippen LogP contribution in [-0.4, -0.2) is 34.9 Å². The van der Waals surface area contributed by atoms with Gasteiger partial charge in [-0.1, -0.05) is 6.92 Å². The van der Waals surface area contributed by atoms with Crippen LogP contribution in [0.15, 0.2) is 0 Å². The van der Waals surface area contributed by atoms with Crippen LogP contribution >= 0.6 is 0 Å². The van der Waals surface area contributed by atoms with Crippen molar-refractivity contribution in [1.82, 2.24) is 0 Å². The molecule has 0 aromatic heterocycles. The van der Waals surface area contributed by atoms with E-state index in [0.717, 1.165) is 0 Å². The lowest BCUT2D eigenvalue weighted by Crippen LogP contribution is -2.11. The molecule has 0 bridgehead atoms. The third kappa shape index (κ3) is 17.1. The smallest absolute Gasteiger partial charge is 0.308 e. The van der Waals surface area contributed by atoms with Crippen molar-refractivity contribution in [1.29, 1.82) is 0 Å². The Morgan fingerprint density at radius 3 is 2.00 bits per heavy atom. The number of aliphatic carboxylic acids is 1. The Balaban J connectivity index is 0. The minimum absolute atomic E-state index is 0.0911. The molecule has 14 heavy (non-hydrogen) atoms. The van der Waals surface area contributed by atoms with E-state index in [1.54, 1.807) is 20.8 Å². The molecule has 0 rings (SSSR count). The van der Waals surface area contributed by atoms with Crippen LogP contribution in [0.25, 0.3) is 0 Å². The zero-order chi connectivity index (χ0) is 11.6. The lowest BCUT2D eigenvalue weighted by atomic mass is 10.3. The van der Waals surface area contributed by atoms with Gasteiger partial charge in [-0.3, -0.25) is 9.59 Å². The molecule has 2 N–H and O–H groups in total. The monoisotopic (exact) mass is 206 g/mol. The van der Waals surface area contributed by atoms with Gasteiger partial charge in [0, 0.05) is 6.42 Å². The van der Waals surface area contributed by atoms with E-state index in [-0.39, 0.29) is 18.8 Å². The molecule has 0 aliphatic heterocycles. The van der Waals surface area contributed by atoms with Gasteiger partial charge in [0.25, 0.3) is 0 Å². The Labute approximate surface area is 83.7 Å². The summed E-state index contributed by atoms with van der Waals surface area (Å²) in [6.07, 6.45) is -0.280. The van der Waals surface area contributed by atoms with Crippen LogP contribution in [0.4, 0.5) is 0 Å². The summed E-state index contributed by atoms with van der Waals surface area (Å²) in [5.41, 5.74) is 0. The van der Waals surface area contributed by atoms with Crippen molar-refractivity contribution in [2.24, 2.45) is 0 Å². The lowest BCUT2D eigenvalue weighted by Gasteiger charge is -2.01. The maximum absolute atomic E-state index is 10.5. The fourth-order valence-corrected chi connectivity index (χ4v) is 0.461. The van der Waals surface area contributed by atoms with Crippen molar-refractivity contribution in [3.8, 4) is 0 Å². The van der Waals surface area contributed by atoms with E-state index in [0.29, 0.717) is 6.61 Å². The number of carboxylic acid groups (broad SMARTS) is 1. The van der Waals surface area contributed by atoms with Gasteiger partial charge in [-0.25, -0.2) is 0 Å². The molecule has 0 saturated heterocycles. The largest absolute Gasteiger partial charge is 0.481 e. The van der Waals surface area contributed by atoms with Crippen molar-refractivity contribution in [2.45, 2.75) is 39.7 Å². The van der Waals surface area contributed by atoms with Gasteiger partial charge < -0.3 is 14.9 Å². The first-order valence-corrected chi connectivity index (χ1v) is 4.49. The standard InChI is InChI=1S/C6H12O3.C3H6O2/c1-3-9-6(8)4-5(2)7;1-2-3(4)5/h5,7H,3-4H2,1-2H3;2H2,1H3,(H,4,5). The highest BCUT2D eigenvalue weighted by Gasteiger charge is 2.04. The summed E-state index contributed by atoms with van der Waals surface area (Å²) in [7, 11) is 0. The molecular weight excluding hydrogens is 188 g/mol. The number of aliphatic hydroxyl groups is 1. The van der Waals surface area contributed by atoms with E-state index in [9.17, 15) is 9.59 Å². The zero-order valence-electron chi connectivity index (χ0n) is 8.82. The Bertz CT molecular complexity index is 165. The molecule has 0 saturated carbocycles. The highest BCUT2D eigenvalue weighted by molar-refractivity contribution is 5.69. The number of rotatable bonds is 4. The molecule has 0 fully saturated rings. The van der Waals surface area contributed by atoms with Crippen LogP contribution in [-0.2, 0) is 14.3 Å². The minimum Gasteiger partial charge on any atom is -0.481 e. The molecule has 84 valence electrons. The van der Waals surface area contributed by atoms with Crippen LogP contribution in [0.1, 0.15) is 33.6 Å². The quantitative estimate of drug-likeness (QED) is 0.665. The summed E-state index contributed by atoms with van der Waals surface area (Å²) in [6, 6.07) is 0. The number of esters is 1. The zero-order valence-corrected chi connectivity index (χ0v) is 8.82. The van der Waals surface area contributed by atoms with Crippen molar-refractivity contribution in [3.63, 3.8) is 0 Å². The number of aliphatic hydroxyl groups excluding tert-OH is 1. The molecule has 0 aliphatic rings. The van der Waals surface area contributed by atoms with Crippen molar-refractivity contribution in [2.75, 3.05) is 6.61 Å². The Hall–Kier alpha value is -1.10. The van der Waals surface area contributed by atoms with Gasteiger partial charge in [0.2, 0.25) is 0 Å². The number of carboxylic acids is 1. The molecular formula is C9H18O5. The lowest BCUT2D eigenvalue weighted by molar-refractivity contribution is -0.145. The van der Waals surface area contributed by atoms with Crippen LogP contribution in [0.2, 0.25) is 0 Å². The van der Waals surface area contributed by atoms with Crippen molar-refractivity contribution >= 4 is 11.9 Å². The number of hydrogen-bond donors (Lipinski definition) is 2. The number of carbonyl (C=O) groups excluding carboxylic acids is 1. The summed E-state index contributed by atoms with van der Waals surface area (Å²) in [6.45, 7) is 5.27. The first-order valence-electron chi connectivity index (χ1n) is 4.49. The van der Waals surface area contributed by atoms with Gasteiger partial charge >= 0.3 is 11.9 Å². The molecule has 0 spiro atoms. The predicted molar refractivity (Wildman–Crippen MR) is 50.9 cm³/mol. The molecule has 5 heteroatoms. The SMILES string of the molecule is CCC(=O)O.CCOC(=O)CC(C)O. The average molecular weight is 206 g/mol. The van der Waals surface area contributed by atoms with Gasteiger partial charge in [0.1, 0.15) is 0 Å². The van der Waals surface area contributed by atoms with Gasteiger partial charge in [-0.2, -0.15) is 0 Å². The van der Waals surface area contributed by atoms with Crippen LogP contribution < -0.4 is 0 Å². The Morgan fingerprint density at radius 1 is 1.36 bits per heavy atom. The fourth-order valence-electron chi connectivity index (χ4n) is 0.461. The number of hydrogen-bond acceptors (Lipinski definition) is 4. The molecule has 1 atom stereocenters. The topological polar surface area (TPSA) is 83.8 Å². The van der Waals surface area contributed by atoms with Crippen LogP contribution in [0, 0.1) is 0 Å². The number of ether oxygens (including phenoxy) is 1. The fraction of sp³-hybridized carbons (Fsp3) is 0.778. The van der Waals surface area contributed by atoms with E-state index in [4.69, 9.17) is 10.2 Å². The molecule has 5 nitrogen and oxygen atoms in total. The summed E-state index contributed by atoms with van der Waals surface area (Å²) in [4.78, 5) is 19.8. The second-order valence-corrected chi connectivity index (χ2v) is 2.61. The minimum atomic E-state index is -0.745. The van der Waals surface area contributed by atoms with Gasteiger partial charge in [0.15, 0.2) is 0 Å². The normalized spacial score (nSPS) is 10.9. The van der Waals surface area contributed by atoms with Gasteiger partial charge in [-0.05, 0) is 13.8 Å². The van der Waals surface area contributed by atoms with Crippen LogP contribution in [0.5, 0.6) is 0 Å². The summed E-state index contributed by atoms with van der Waals surface area (Å²) < 4.78 is 4.55. The van der Waals surface area contributed by atoms with E-state index in [1.807, 2.05) is 0 Å². The first kappa shape index (κ1) is 15.4. The van der Waals surface area contributed by atoms with Gasteiger partial charge in [0.05, 0.1) is 19.1 Å². The van der Waals surface area contributed by atoms with Crippen molar-refractivity contribution < 1.29 is 24.5 Å². The predicted octanol–water partition coefficient (Wildman–Crippen LogP) is 0.801. The molecule has 0 radical (unpaired) electrons. The van der Waals surface area contributed by atoms with E-state index >= 15 is 0 Å². The van der Waals surface area contributed by atoms with Gasteiger partial charge in [-0.15, -0.1) is 0 Å². The Kier molecular flexibility index (Phi) is 11.0.